The molecular weight excluding hydrogens is 312 g/mol. The third-order valence-corrected chi connectivity index (χ3v) is 3.70. The van der Waals surface area contributed by atoms with Crippen molar-refractivity contribution in [3.05, 3.63) is 53.6 Å². The fraction of sp³-hybridized carbons (Fsp3) is 0.111. The van der Waals surface area contributed by atoms with Crippen molar-refractivity contribution in [2.45, 2.75) is 6.92 Å². The average molecular weight is 327 g/mol. The Hall–Kier alpha value is -2.59. The maximum Gasteiger partial charge on any atom is 0.221 e. The summed E-state index contributed by atoms with van der Waals surface area (Å²) in [6.45, 7) is 1.48. The van der Waals surface area contributed by atoms with Crippen molar-refractivity contribution in [1.82, 2.24) is 4.98 Å². The predicted molar refractivity (Wildman–Crippen MR) is 93.0 cm³/mol. The van der Waals surface area contributed by atoms with Gasteiger partial charge in [0.05, 0.1) is 18.3 Å². The summed E-state index contributed by atoms with van der Waals surface area (Å²) in [6.07, 6.45) is 0. The number of rotatable bonds is 3. The van der Waals surface area contributed by atoms with E-state index < -0.39 is 0 Å². The fourth-order valence-electron chi connectivity index (χ4n) is 2.41. The van der Waals surface area contributed by atoms with Crippen LogP contribution in [0.2, 0.25) is 5.02 Å². The van der Waals surface area contributed by atoms with Crippen LogP contribution in [0.15, 0.2) is 48.5 Å². The van der Waals surface area contributed by atoms with Crippen LogP contribution in [0.25, 0.3) is 22.2 Å². The molecule has 0 spiro atoms. The van der Waals surface area contributed by atoms with Crippen molar-refractivity contribution in [3.63, 3.8) is 0 Å². The van der Waals surface area contributed by atoms with Gasteiger partial charge in [-0.1, -0.05) is 23.7 Å². The van der Waals surface area contributed by atoms with Crippen molar-refractivity contribution in [2.75, 3.05) is 12.4 Å². The molecule has 0 aliphatic heterocycles. The first-order valence-electron chi connectivity index (χ1n) is 7.09. The number of hydrogen-bond acceptors (Lipinski definition) is 3. The molecule has 23 heavy (non-hydrogen) atoms. The molecule has 0 saturated carbocycles. The van der Waals surface area contributed by atoms with Gasteiger partial charge in [-0.25, -0.2) is 4.98 Å². The van der Waals surface area contributed by atoms with Gasteiger partial charge < -0.3 is 10.1 Å². The molecule has 0 aliphatic carbocycles. The lowest BCUT2D eigenvalue weighted by atomic mass is 10.1. The summed E-state index contributed by atoms with van der Waals surface area (Å²) in [5.74, 6) is 0.584. The van der Waals surface area contributed by atoms with E-state index in [1.54, 1.807) is 7.11 Å². The van der Waals surface area contributed by atoms with Gasteiger partial charge in [-0.2, -0.15) is 0 Å². The first kappa shape index (κ1) is 15.3. The number of amides is 1. The molecule has 0 unspecified atom stereocenters. The topological polar surface area (TPSA) is 51.2 Å². The number of nitrogens with zero attached hydrogens (tertiary/aromatic N) is 1. The molecule has 0 atom stereocenters. The molecule has 0 radical (unpaired) electrons. The normalized spacial score (nSPS) is 10.6. The summed E-state index contributed by atoms with van der Waals surface area (Å²) in [5.41, 5.74) is 3.27. The summed E-state index contributed by atoms with van der Waals surface area (Å²) in [4.78, 5) is 15.9. The van der Waals surface area contributed by atoms with E-state index in [2.05, 4.69) is 10.3 Å². The Morgan fingerprint density at radius 3 is 2.52 bits per heavy atom. The minimum atomic E-state index is -0.117. The van der Waals surface area contributed by atoms with Gasteiger partial charge in [-0.3, -0.25) is 4.79 Å². The smallest absolute Gasteiger partial charge is 0.221 e. The van der Waals surface area contributed by atoms with Gasteiger partial charge >= 0.3 is 0 Å². The highest BCUT2D eigenvalue weighted by atomic mass is 35.5. The number of nitrogens with one attached hydrogen (secondary N) is 1. The van der Waals surface area contributed by atoms with E-state index in [4.69, 9.17) is 16.3 Å². The molecule has 0 saturated heterocycles. The molecule has 0 bridgehead atoms. The number of carbonyl (C=O) groups excluding carboxylic acids is 1. The van der Waals surface area contributed by atoms with Gasteiger partial charge in [0, 0.05) is 34.6 Å². The molecule has 3 rings (SSSR count). The van der Waals surface area contributed by atoms with E-state index in [1.807, 2.05) is 48.5 Å². The summed E-state index contributed by atoms with van der Waals surface area (Å²) in [6, 6.07) is 14.9. The molecule has 116 valence electrons. The summed E-state index contributed by atoms with van der Waals surface area (Å²) < 4.78 is 5.49. The number of aromatic nitrogens is 1. The third-order valence-electron chi connectivity index (χ3n) is 3.45. The number of pyridine rings is 1. The van der Waals surface area contributed by atoms with E-state index in [-0.39, 0.29) is 5.91 Å². The molecule has 1 aromatic heterocycles. The number of anilines is 1. The molecule has 1 amide bonds. The predicted octanol–water partition coefficient (Wildman–Crippen LogP) is 4.52. The molecule has 0 aliphatic rings. The molecule has 4 nitrogen and oxygen atoms in total. The summed E-state index contributed by atoms with van der Waals surface area (Å²) in [7, 11) is 1.62. The highest BCUT2D eigenvalue weighted by molar-refractivity contribution is 6.30. The molecule has 3 aromatic rings. The maximum atomic E-state index is 11.2. The molecule has 5 heteroatoms. The van der Waals surface area contributed by atoms with Crippen molar-refractivity contribution in [3.8, 4) is 17.0 Å². The van der Waals surface area contributed by atoms with Gasteiger partial charge in [-0.15, -0.1) is 0 Å². The summed E-state index contributed by atoms with van der Waals surface area (Å²) in [5, 5.41) is 4.29. The van der Waals surface area contributed by atoms with Gasteiger partial charge in [0.1, 0.15) is 5.75 Å². The number of ether oxygens (including phenoxy) is 1. The molecule has 2 aromatic carbocycles. The molecular formula is C18H15ClN2O2. The number of carbonyl (C=O) groups is 1. The zero-order valence-corrected chi connectivity index (χ0v) is 13.5. The second-order valence-electron chi connectivity index (χ2n) is 5.13. The first-order valence-corrected chi connectivity index (χ1v) is 7.47. The Morgan fingerprint density at radius 1 is 1.13 bits per heavy atom. The van der Waals surface area contributed by atoms with Gasteiger partial charge in [0.15, 0.2) is 0 Å². The first-order chi connectivity index (χ1) is 11.1. The number of halogens is 1. The third kappa shape index (κ3) is 3.27. The van der Waals surface area contributed by atoms with Crippen LogP contribution < -0.4 is 10.1 Å². The fourth-order valence-corrected chi connectivity index (χ4v) is 2.54. The van der Waals surface area contributed by atoms with Crippen LogP contribution in [0, 0.1) is 0 Å². The highest BCUT2D eigenvalue weighted by Gasteiger charge is 2.09. The Kier molecular flexibility index (Phi) is 4.17. The van der Waals surface area contributed by atoms with Crippen LogP contribution >= 0.6 is 11.6 Å². The van der Waals surface area contributed by atoms with Crippen LogP contribution in [0.3, 0.4) is 0 Å². The van der Waals surface area contributed by atoms with Gasteiger partial charge in [0.25, 0.3) is 0 Å². The van der Waals surface area contributed by atoms with E-state index in [0.717, 1.165) is 22.2 Å². The van der Waals surface area contributed by atoms with Gasteiger partial charge in [0.2, 0.25) is 5.91 Å². The number of benzene rings is 2. The van der Waals surface area contributed by atoms with E-state index in [0.29, 0.717) is 16.5 Å². The molecule has 1 heterocycles. The zero-order valence-electron chi connectivity index (χ0n) is 12.8. The zero-order chi connectivity index (χ0) is 16.4. The largest absolute Gasteiger partial charge is 0.496 e. The Bertz CT molecular complexity index is 876. The van der Waals surface area contributed by atoms with Crippen LogP contribution in [0.1, 0.15) is 6.92 Å². The monoisotopic (exact) mass is 326 g/mol. The van der Waals surface area contributed by atoms with Crippen molar-refractivity contribution >= 4 is 34.1 Å². The quantitative estimate of drug-likeness (QED) is 0.769. The van der Waals surface area contributed by atoms with Crippen LogP contribution in [0.4, 0.5) is 5.69 Å². The Morgan fingerprint density at radius 2 is 1.87 bits per heavy atom. The van der Waals surface area contributed by atoms with E-state index in [1.165, 1.54) is 6.92 Å². The minimum Gasteiger partial charge on any atom is -0.496 e. The molecule has 1 N–H and O–H groups in total. The lowest BCUT2D eigenvalue weighted by molar-refractivity contribution is -0.114. The minimum absolute atomic E-state index is 0.117. The van der Waals surface area contributed by atoms with Crippen molar-refractivity contribution < 1.29 is 9.53 Å². The second kappa shape index (κ2) is 6.26. The lowest BCUT2D eigenvalue weighted by Crippen LogP contribution is -2.05. The van der Waals surface area contributed by atoms with E-state index in [9.17, 15) is 4.79 Å². The van der Waals surface area contributed by atoms with Crippen LogP contribution in [-0.2, 0) is 4.79 Å². The number of fused-ring (bicyclic) bond motifs is 1. The van der Waals surface area contributed by atoms with Crippen molar-refractivity contribution in [2.24, 2.45) is 0 Å². The second-order valence-corrected chi connectivity index (χ2v) is 5.57. The lowest BCUT2D eigenvalue weighted by Gasteiger charge is -2.11. The van der Waals surface area contributed by atoms with Crippen LogP contribution in [-0.4, -0.2) is 18.0 Å². The highest BCUT2D eigenvalue weighted by Crippen LogP contribution is 2.32. The Labute approximate surface area is 139 Å². The van der Waals surface area contributed by atoms with Crippen molar-refractivity contribution in [1.29, 1.82) is 0 Å². The Balaban J connectivity index is 2.13. The van der Waals surface area contributed by atoms with Gasteiger partial charge in [-0.05, 0) is 30.3 Å². The SMILES string of the molecule is COc1cc(-c2ccc(Cl)cc2)nc2ccc(NC(C)=O)cc12. The van der Waals surface area contributed by atoms with E-state index >= 15 is 0 Å². The maximum absolute atomic E-state index is 11.2. The average Bonchev–Trinajstić information content (AvgIpc) is 2.54. The standard InChI is InChI=1S/C18H15ClN2O2/c1-11(22)20-14-7-8-16-15(9-14)18(23-2)10-17(21-16)12-3-5-13(19)6-4-12/h3-10H,1-2H3,(H,20,22). The number of methoxy groups -OCH3 is 1. The summed E-state index contributed by atoms with van der Waals surface area (Å²) >= 11 is 5.93. The number of hydrogen-bond donors (Lipinski definition) is 1. The molecule has 0 fully saturated rings. The van der Waals surface area contributed by atoms with Crippen LogP contribution in [0.5, 0.6) is 5.75 Å².